The van der Waals surface area contributed by atoms with Crippen molar-refractivity contribution >= 4 is 86.9 Å². The maximum Gasteiger partial charge on any atom is 0.226 e. The second-order valence-electron chi connectivity index (χ2n) is 28.8. The second kappa shape index (κ2) is 44.9. The Hall–Kier alpha value is -13.8. The normalized spacial score (nSPS) is 10.7. The fourth-order valence-corrected chi connectivity index (χ4v) is 13.6. The zero-order chi connectivity index (χ0) is 90.9. The number of hydrogen-bond acceptors (Lipinski definition) is 14. The molecule has 0 saturated carbocycles. The molecule has 4 heterocycles. The third kappa shape index (κ3) is 24.8. The first-order chi connectivity index (χ1) is 59.8. The average molecular weight is 1730 g/mol. The fourth-order valence-electron chi connectivity index (χ4n) is 13.4. The Bertz CT molecular complexity index is 5550. The number of ketones is 4. The van der Waals surface area contributed by atoms with Crippen molar-refractivity contribution in [2.24, 2.45) is 0 Å². The number of carbonyl (C=O) groups is 8. The first kappa shape index (κ1) is 95.1. The van der Waals surface area contributed by atoms with Crippen LogP contribution in [0, 0.1) is 53.5 Å². The van der Waals surface area contributed by atoms with Gasteiger partial charge in [-0.2, -0.15) is 0 Å². The predicted molar refractivity (Wildman–Crippen MR) is 470 cm³/mol. The van der Waals surface area contributed by atoms with E-state index >= 15 is 0 Å². The first-order valence-electron chi connectivity index (χ1n) is 40.0. The van der Waals surface area contributed by atoms with Crippen molar-refractivity contribution in [3.8, 4) is 50.4 Å². The van der Waals surface area contributed by atoms with E-state index in [1.165, 1.54) is 152 Å². The van der Waals surface area contributed by atoms with Crippen LogP contribution in [0.15, 0.2) is 219 Å². The van der Waals surface area contributed by atoms with Gasteiger partial charge in [-0.1, -0.05) is 112 Å². The third-order valence-electron chi connectivity index (χ3n) is 20.8. The summed E-state index contributed by atoms with van der Waals surface area (Å²) in [4.78, 5) is 118. The monoisotopic (exact) mass is 1730 g/mol. The zero-order valence-electron chi connectivity index (χ0n) is 70.5. The quantitative estimate of drug-likeness (QED) is 0.0261. The number of nitrogens with zero attached hydrogens (tertiary/aromatic N) is 8. The Kier molecular flexibility index (Phi) is 34.1. The topological polar surface area (TPSA) is 236 Å². The van der Waals surface area contributed by atoms with E-state index in [9.17, 15) is 73.5 Å². The minimum absolute atomic E-state index is 0.00987. The van der Waals surface area contributed by atoms with Crippen molar-refractivity contribution in [1.82, 2.24) is 19.9 Å². The lowest BCUT2D eigenvalue weighted by atomic mass is 9.98. The van der Waals surface area contributed by atoms with Crippen LogP contribution >= 0.6 is 11.6 Å². The molecule has 0 aliphatic heterocycles. The number of rotatable bonds is 29. The van der Waals surface area contributed by atoms with E-state index in [-0.39, 0.29) is 143 Å². The molecule has 0 aliphatic rings. The SMILES string of the molecule is CCC(=O)N(C)c1ccc(-c2ccc(C(=O)CCc3cccnc3C)c(F)c2)cc1F.CCC(=O)N(C)c1ccc(-c2ccc(C(=O)CCc3cccnc3Cl)c(F)c2)cc1F.CCC(=O)N(C)c1ccc(-c2ccc(C(=O)CCc3cccnc3N)c(F)c2)cc1F.CCC(=O)N(C)c1ccc(-c2ccc(C(=O)CCc3cccnc3OC)c(F)c2)cc1F. The van der Waals surface area contributed by atoms with Crippen LogP contribution in [-0.2, 0) is 44.9 Å². The number of carbonyl (C=O) groups excluding carboxylic acids is 8. The van der Waals surface area contributed by atoms with Gasteiger partial charge in [-0.3, -0.25) is 43.3 Å². The van der Waals surface area contributed by atoms with Crippen LogP contribution in [0.25, 0.3) is 44.5 Å². The van der Waals surface area contributed by atoms with Gasteiger partial charge in [0.1, 0.15) is 57.5 Å². The molecule has 0 atom stereocenters. The molecule has 0 unspecified atom stereocenters. The van der Waals surface area contributed by atoms with Gasteiger partial charge in [-0.15, -0.1) is 0 Å². The Balaban J connectivity index is 0.000000189. The summed E-state index contributed by atoms with van der Waals surface area (Å²) in [7, 11) is 7.52. The maximum absolute atomic E-state index is 14.7. The summed E-state index contributed by atoms with van der Waals surface area (Å²) in [6.07, 6.45) is 9.44. The minimum Gasteiger partial charge on any atom is -0.481 e. The van der Waals surface area contributed by atoms with Crippen molar-refractivity contribution in [2.75, 3.05) is 60.6 Å². The number of ether oxygens (including phenoxy) is 1. The van der Waals surface area contributed by atoms with E-state index in [1.807, 2.05) is 25.1 Å². The van der Waals surface area contributed by atoms with E-state index in [1.54, 1.807) is 131 Å². The Morgan fingerprint density at radius 3 is 0.856 bits per heavy atom. The molecule has 0 radical (unpaired) electrons. The van der Waals surface area contributed by atoms with Gasteiger partial charge in [0.25, 0.3) is 0 Å². The molecule has 4 aromatic heterocycles. The summed E-state index contributed by atoms with van der Waals surface area (Å²) in [6, 6.07) is 48.5. The van der Waals surface area contributed by atoms with E-state index in [2.05, 4.69) is 19.9 Å². The highest BCUT2D eigenvalue weighted by molar-refractivity contribution is 6.30. The molecule has 8 aromatic carbocycles. The average Bonchev–Trinajstić information content (AvgIpc) is 0.818. The molecule has 27 heteroatoms. The number of amides is 4. The molecule has 12 rings (SSSR count). The zero-order valence-corrected chi connectivity index (χ0v) is 71.3. The minimum atomic E-state index is -0.678. The number of aromatic nitrogens is 4. The molecule has 18 nitrogen and oxygen atoms in total. The molecule has 646 valence electrons. The van der Waals surface area contributed by atoms with Crippen LogP contribution < -0.4 is 30.1 Å². The highest BCUT2D eigenvalue weighted by atomic mass is 35.5. The van der Waals surface area contributed by atoms with E-state index < -0.39 is 46.5 Å². The largest absolute Gasteiger partial charge is 0.481 e. The van der Waals surface area contributed by atoms with Crippen LogP contribution in [-0.4, -0.2) is 102 Å². The Labute approximate surface area is 724 Å². The highest BCUT2D eigenvalue weighted by Gasteiger charge is 2.24. The first-order valence-corrected chi connectivity index (χ1v) is 40.4. The van der Waals surface area contributed by atoms with Crippen LogP contribution in [0.1, 0.15) is 148 Å². The van der Waals surface area contributed by atoms with Crippen LogP contribution in [0.3, 0.4) is 0 Å². The van der Waals surface area contributed by atoms with Crippen molar-refractivity contribution < 1.29 is 78.2 Å². The molecule has 4 amide bonds. The van der Waals surface area contributed by atoms with E-state index in [0.717, 1.165) is 27.9 Å². The number of nitrogens with two attached hydrogens (primary N) is 1. The number of halogens is 9. The second-order valence-corrected chi connectivity index (χ2v) is 29.1. The predicted octanol–water partition coefficient (Wildman–Crippen LogP) is 21.4. The number of pyridine rings is 4. The number of anilines is 5. The fraction of sp³-hybridized carbons (Fsp3) is 0.224. The van der Waals surface area contributed by atoms with Gasteiger partial charge < -0.3 is 30.1 Å². The number of Topliss-reactive ketones (excluding diaryl/α,β-unsaturated/α-hetero) is 4. The summed E-state index contributed by atoms with van der Waals surface area (Å²) >= 11 is 5.99. The van der Waals surface area contributed by atoms with Crippen LogP contribution in [0.5, 0.6) is 5.88 Å². The van der Waals surface area contributed by atoms with Gasteiger partial charge in [-0.05, 0) is 215 Å². The van der Waals surface area contributed by atoms with Crippen LogP contribution in [0.4, 0.5) is 63.7 Å². The molecule has 2 N–H and O–H groups in total. The third-order valence-corrected chi connectivity index (χ3v) is 21.1. The number of hydrogen-bond donors (Lipinski definition) is 1. The molecular weight excluding hydrogens is 1630 g/mol. The van der Waals surface area contributed by atoms with Crippen molar-refractivity contribution in [2.45, 2.75) is 112 Å². The number of benzene rings is 8. The van der Waals surface area contributed by atoms with Gasteiger partial charge in [0, 0.05) is 116 Å². The number of nitrogen functional groups attached to an aromatic ring is 1. The molecule has 125 heavy (non-hydrogen) atoms. The smallest absolute Gasteiger partial charge is 0.226 e. The standard InChI is InChI=1S/C25H24F2N2O3.C25H24F2N2O2.C24H21ClF2N2O2.C24H23F2N3O2/c1-4-24(31)29(2)22-11-8-18(15-21(22)27)17-7-10-19(20(26)14-17)23(30)12-9-16-6-5-13-28-25(16)32-3;1-4-25(31)29(3)23-11-8-19(15-22(23)27)18-7-10-20(21(26)14-18)24(30)12-9-17-6-5-13-28-16(17)2;1-3-23(31)29(2)21-10-7-17(14-20(21)27)16-6-9-18(19(26)13-16)22(30)11-8-15-5-4-12-28-24(15)25;1-3-23(31)29(2)21-10-7-17(14-20(21)26)16-6-9-18(19(25)13-16)22(30)11-8-15-5-4-12-28-24(15)27/h5-8,10-11,13-15H,4,9,12H2,1-3H3;5-8,10-11,13-15H,4,9,12H2,1-3H3;4-7,9-10,12-14H,3,8,11H2,1-2H3;4-7,9-10,12-14H,3,8,11H2,1-2H3,(H2,27,28). The lowest BCUT2D eigenvalue weighted by Gasteiger charge is -2.18. The Morgan fingerprint density at radius 1 is 0.328 bits per heavy atom. The van der Waals surface area contributed by atoms with Crippen molar-refractivity contribution in [3.05, 3.63) is 321 Å². The highest BCUT2D eigenvalue weighted by Crippen LogP contribution is 2.35. The van der Waals surface area contributed by atoms with Gasteiger partial charge in [-0.25, -0.2) is 50.1 Å². The van der Waals surface area contributed by atoms with Gasteiger partial charge in [0.05, 0.1) is 52.1 Å². The molecule has 0 bridgehead atoms. The molecule has 0 aliphatic carbocycles. The molecule has 0 spiro atoms. The molecule has 0 saturated heterocycles. The summed E-state index contributed by atoms with van der Waals surface area (Å²) in [5.74, 6) is -6.42. The summed E-state index contributed by atoms with van der Waals surface area (Å²) < 4.78 is 122. The maximum atomic E-state index is 14.7. The van der Waals surface area contributed by atoms with Crippen molar-refractivity contribution in [3.63, 3.8) is 0 Å². The van der Waals surface area contributed by atoms with Gasteiger partial charge >= 0.3 is 0 Å². The lowest BCUT2D eigenvalue weighted by Crippen LogP contribution is -2.25. The summed E-state index contributed by atoms with van der Waals surface area (Å²) in [5, 5.41) is 0.322. The van der Waals surface area contributed by atoms with Gasteiger partial charge in [0.2, 0.25) is 29.5 Å². The lowest BCUT2D eigenvalue weighted by molar-refractivity contribution is -0.118. The molecule has 0 fully saturated rings. The van der Waals surface area contributed by atoms with E-state index in [4.69, 9.17) is 22.1 Å². The van der Waals surface area contributed by atoms with Crippen molar-refractivity contribution in [1.29, 1.82) is 0 Å². The molecular formula is C98H92ClF8N9O9. The molecule has 12 aromatic rings. The number of methoxy groups -OCH3 is 1. The number of aryl methyl sites for hydroxylation is 5. The van der Waals surface area contributed by atoms with E-state index in [0.29, 0.717) is 87.0 Å². The summed E-state index contributed by atoms with van der Waals surface area (Å²) in [6.45, 7) is 8.67. The Morgan fingerprint density at radius 2 is 0.576 bits per heavy atom. The summed E-state index contributed by atoms with van der Waals surface area (Å²) in [5.41, 5.74) is 13.9. The van der Waals surface area contributed by atoms with Crippen LogP contribution in [0.2, 0.25) is 5.15 Å². The van der Waals surface area contributed by atoms with Gasteiger partial charge in [0.15, 0.2) is 23.1 Å².